The van der Waals surface area contributed by atoms with Crippen molar-refractivity contribution in [3.8, 4) is 0 Å². The molecule has 0 aliphatic heterocycles. The van der Waals surface area contributed by atoms with Crippen LogP contribution in [0.25, 0.3) is 0 Å². The van der Waals surface area contributed by atoms with Crippen molar-refractivity contribution in [2.45, 2.75) is 45.4 Å². The van der Waals surface area contributed by atoms with Gasteiger partial charge in [0.15, 0.2) is 0 Å². The SMILES string of the molecule is C[C@@H]([C@H](O)CO)N(C(=O)O)C(C)(C)C. The van der Waals surface area contributed by atoms with Crippen molar-refractivity contribution in [3.05, 3.63) is 0 Å². The molecular weight excluding hydrogens is 186 g/mol. The smallest absolute Gasteiger partial charge is 0.408 e. The van der Waals surface area contributed by atoms with Crippen molar-refractivity contribution < 1.29 is 20.1 Å². The highest BCUT2D eigenvalue weighted by atomic mass is 16.4. The Morgan fingerprint density at radius 2 is 1.86 bits per heavy atom. The molecule has 0 radical (unpaired) electrons. The predicted octanol–water partition coefficient (Wildman–Crippen LogP) is 0.507. The lowest BCUT2D eigenvalue weighted by molar-refractivity contribution is -0.00836. The van der Waals surface area contributed by atoms with Gasteiger partial charge in [0.2, 0.25) is 0 Å². The Morgan fingerprint density at radius 1 is 1.43 bits per heavy atom. The highest BCUT2D eigenvalue weighted by Gasteiger charge is 2.33. The molecular formula is C9H19NO4. The monoisotopic (exact) mass is 205 g/mol. The molecule has 1 amide bonds. The molecule has 2 atom stereocenters. The maximum Gasteiger partial charge on any atom is 0.408 e. The highest BCUT2D eigenvalue weighted by molar-refractivity contribution is 5.66. The second kappa shape index (κ2) is 4.61. The summed E-state index contributed by atoms with van der Waals surface area (Å²) >= 11 is 0. The summed E-state index contributed by atoms with van der Waals surface area (Å²) in [5.74, 6) is 0. The molecule has 5 heteroatoms. The summed E-state index contributed by atoms with van der Waals surface area (Å²) in [4.78, 5) is 12.1. The molecule has 0 fully saturated rings. The van der Waals surface area contributed by atoms with E-state index in [2.05, 4.69) is 0 Å². The Labute approximate surface area is 84.0 Å². The van der Waals surface area contributed by atoms with Crippen LogP contribution in [0.3, 0.4) is 0 Å². The van der Waals surface area contributed by atoms with Gasteiger partial charge < -0.3 is 15.3 Å². The Morgan fingerprint density at radius 3 is 2.07 bits per heavy atom. The fourth-order valence-electron chi connectivity index (χ4n) is 1.40. The van der Waals surface area contributed by atoms with E-state index in [0.29, 0.717) is 0 Å². The molecule has 0 saturated carbocycles. The molecule has 0 heterocycles. The van der Waals surface area contributed by atoms with Crippen LogP contribution in [0.5, 0.6) is 0 Å². The van der Waals surface area contributed by atoms with E-state index in [1.54, 1.807) is 27.7 Å². The molecule has 0 unspecified atom stereocenters. The Bertz CT molecular complexity index is 199. The van der Waals surface area contributed by atoms with Crippen molar-refractivity contribution >= 4 is 6.09 Å². The van der Waals surface area contributed by atoms with Crippen molar-refractivity contribution in [3.63, 3.8) is 0 Å². The van der Waals surface area contributed by atoms with Crippen molar-refractivity contribution in [2.24, 2.45) is 0 Å². The summed E-state index contributed by atoms with van der Waals surface area (Å²) in [5.41, 5.74) is -0.596. The molecule has 0 aliphatic carbocycles. The van der Waals surface area contributed by atoms with Crippen molar-refractivity contribution in [2.75, 3.05) is 6.61 Å². The first-order valence-corrected chi connectivity index (χ1v) is 4.53. The predicted molar refractivity (Wildman–Crippen MR) is 52.2 cm³/mol. The molecule has 0 aromatic heterocycles. The van der Waals surface area contributed by atoms with Gasteiger partial charge in [-0.05, 0) is 27.7 Å². The minimum Gasteiger partial charge on any atom is -0.465 e. The number of hydrogen-bond acceptors (Lipinski definition) is 3. The van der Waals surface area contributed by atoms with Crippen LogP contribution in [0.15, 0.2) is 0 Å². The number of aliphatic hydroxyl groups is 2. The fraction of sp³-hybridized carbons (Fsp3) is 0.889. The van der Waals surface area contributed by atoms with Gasteiger partial charge in [-0.2, -0.15) is 0 Å². The van der Waals surface area contributed by atoms with E-state index >= 15 is 0 Å². The van der Waals surface area contributed by atoms with Crippen LogP contribution in [0.2, 0.25) is 0 Å². The number of carbonyl (C=O) groups is 1. The Kier molecular flexibility index (Phi) is 4.35. The second-order valence-electron chi connectivity index (χ2n) is 4.31. The molecule has 0 aromatic rings. The molecule has 84 valence electrons. The third kappa shape index (κ3) is 3.16. The van der Waals surface area contributed by atoms with E-state index in [1.807, 2.05) is 0 Å². The lowest BCUT2D eigenvalue weighted by atomic mass is 10.0. The summed E-state index contributed by atoms with van der Waals surface area (Å²) in [6.45, 7) is 6.34. The minimum atomic E-state index is -1.10. The molecule has 0 bridgehead atoms. The number of hydrogen-bond donors (Lipinski definition) is 3. The van der Waals surface area contributed by atoms with Crippen molar-refractivity contribution in [1.82, 2.24) is 4.90 Å². The lowest BCUT2D eigenvalue weighted by Gasteiger charge is -2.39. The number of amides is 1. The zero-order valence-corrected chi connectivity index (χ0v) is 9.06. The minimum absolute atomic E-state index is 0.443. The molecule has 0 spiro atoms. The summed E-state index contributed by atoms with van der Waals surface area (Å²) in [5, 5.41) is 27.0. The number of rotatable bonds is 3. The summed E-state index contributed by atoms with van der Waals surface area (Å²) in [6, 6.07) is -0.627. The first-order valence-electron chi connectivity index (χ1n) is 4.53. The van der Waals surface area contributed by atoms with Gasteiger partial charge in [-0.15, -0.1) is 0 Å². The van der Waals surface area contributed by atoms with Gasteiger partial charge in [-0.25, -0.2) is 4.79 Å². The summed E-state index contributed by atoms with van der Waals surface area (Å²) < 4.78 is 0. The van der Waals surface area contributed by atoms with Crippen LogP contribution >= 0.6 is 0 Å². The van der Waals surface area contributed by atoms with Gasteiger partial charge in [0.1, 0.15) is 0 Å². The molecule has 0 rings (SSSR count). The zero-order chi connectivity index (χ0) is 11.5. The first kappa shape index (κ1) is 13.2. The van der Waals surface area contributed by atoms with Crippen molar-refractivity contribution in [1.29, 1.82) is 0 Å². The van der Waals surface area contributed by atoms with E-state index in [-0.39, 0.29) is 0 Å². The number of nitrogens with zero attached hydrogens (tertiary/aromatic N) is 1. The molecule has 3 N–H and O–H groups in total. The van der Waals surface area contributed by atoms with Gasteiger partial charge >= 0.3 is 6.09 Å². The fourth-order valence-corrected chi connectivity index (χ4v) is 1.40. The van der Waals surface area contributed by atoms with Crippen LogP contribution in [0.1, 0.15) is 27.7 Å². The van der Waals surface area contributed by atoms with Crippen LogP contribution in [-0.2, 0) is 0 Å². The Hall–Kier alpha value is -0.810. The summed E-state index contributed by atoms with van der Waals surface area (Å²) in [6.07, 6.45) is -2.15. The first-order chi connectivity index (χ1) is 6.21. The zero-order valence-electron chi connectivity index (χ0n) is 9.06. The van der Waals surface area contributed by atoms with E-state index < -0.39 is 30.4 Å². The van der Waals surface area contributed by atoms with E-state index in [0.717, 1.165) is 4.90 Å². The van der Waals surface area contributed by atoms with Gasteiger partial charge in [-0.3, -0.25) is 4.90 Å². The largest absolute Gasteiger partial charge is 0.465 e. The van der Waals surface area contributed by atoms with Gasteiger partial charge in [0.25, 0.3) is 0 Å². The number of carboxylic acid groups (broad SMARTS) is 1. The molecule has 0 saturated heterocycles. The van der Waals surface area contributed by atoms with E-state index in [9.17, 15) is 9.90 Å². The highest BCUT2D eigenvalue weighted by Crippen LogP contribution is 2.19. The Balaban J connectivity index is 4.76. The molecule has 5 nitrogen and oxygen atoms in total. The van der Waals surface area contributed by atoms with E-state index in [1.165, 1.54) is 0 Å². The average Bonchev–Trinajstić information content (AvgIpc) is 1.99. The topological polar surface area (TPSA) is 81.0 Å². The summed E-state index contributed by atoms with van der Waals surface area (Å²) in [7, 11) is 0. The van der Waals surface area contributed by atoms with Crippen LogP contribution in [0, 0.1) is 0 Å². The van der Waals surface area contributed by atoms with Gasteiger partial charge in [0, 0.05) is 5.54 Å². The normalized spacial score (nSPS) is 16.1. The van der Waals surface area contributed by atoms with Gasteiger partial charge in [0.05, 0.1) is 18.8 Å². The second-order valence-corrected chi connectivity index (χ2v) is 4.31. The van der Waals surface area contributed by atoms with Crippen LogP contribution < -0.4 is 0 Å². The lowest BCUT2D eigenvalue weighted by Crippen LogP contribution is -2.54. The standard InChI is InChI=1S/C9H19NO4/c1-6(7(12)5-11)10(8(13)14)9(2,3)4/h6-7,11-12H,5H2,1-4H3,(H,13,14)/t6-,7+/m0/s1. The quantitative estimate of drug-likeness (QED) is 0.627. The number of aliphatic hydroxyl groups excluding tert-OH is 2. The molecule has 0 aromatic carbocycles. The molecule has 0 aliphatic rings. The third-order valence-corrected chi connectivity index (χ3v) is 2.08. The van der Waals surface area contributed by atoms with Crippen LogP contribution in [0.4, 0.5) is 4.79 Å². The third-order valence-electron chi connectivity index (χ3n) is 2.08. The molecule has 14 heavy (non-hydrogen) atoms. The maximum atomic E-state index is 10.9. The van der Waals surface area contributed by atoms with Crippen LogP contribution in [-0.4, -0.2) is 50.6 Å². The van der Waals surface area contributed by atoms with Gasteiger partial charge in [-0.1, -0.05) is 0 Å². The average molecular weight is 205 g/mol. The van der Waals surface area contributed by atoms with E-state index in [4.69, 9.17) is 10.2 Å². The maximum absolute atomic E-state index is 10.9.